The van der Waals surface area contributed by atoms with Gasteiger partial charge in [0.2, 0.25) is 0 Å². The van der Waals surface area contributed by atoms with Crippen LogP contribution in [-0.4, -0.2) is 0 Å². The summed E-state index contributed by atoms with van der Waals surface area (Å²) < 4.78 is 26.1. The van der Waals surface area contributed by atoms with Gasteiger partial charge in [-0.1, -0.05) is 11.6 Å². The van der Waals surface area contributed by atoms with Crippen LogP contribution in [0.2, 0.25) is 5.02 Å². The Hall–Kier alpha value is -1.18. The third kappa shape index (κ3) is 2.00. The molecule has 5 heteroatoms. The quantitative estimate of drug-likeness (QED) is 0.773. The predicted octanol–water partition coefficient (Wildman–Crippen LogP) is 2.53. The summed E-state index contributed by atoms with van der Waals surface area (Å²) in [5, 5.41) is 8.01. The average Bonchev–Trinajstić information content (AvgIpc) is 2.13. The van der Waals surface area contributed by atoms with Crippen molar-refractivity contribution in [3.05, 3.63) is 34.4 Å². The van der Waals surface area contributed by atoms with Crippen LogP contribution in [-0.2, 0) is 0 Å². The normalized spacial score (nSPS) is 12.2. The fourth-order valence-electron chi connectivity index (χ4n) is 1.08. The molecule has 1 rings (SSSR count). The average molecular weight is 217 g/mol. The summed E-state index contributed by atoms with van der Waals surface area (Å²) in [7, 11) is 0. The van der Waals surface area contributed by atoms with Crippen molar-refractivity contribution in [3.8, 4) is 6.07 Å². The molecule has 74 valence electrons. The van der Waals surface area contributed by atoms with Crippen LogP contribution in [0.15, 0.2) is 12.1 Å². The van der Waals surface area contributed by atoms with E-state index in [9.17, 15) is 8.78 Å². The van der Waals surface area contributed by atoms with E-state index < -0.39 is 17.7 Å². The van der Waals surface area contributed by atoms with Crippen LogP contribution >= 0.6 is 11.6 Å². The SMILES string of the molecule is N#CC[C@H](N)c1c(F)ccc(F)c1Cl. The monoisotopic (exact) mass is 216 g/mol. The van der Waals surface area contributed by atoms with Crippen LogP contribution in [0.25, 0.3) is 0 Å². The lowest BCUT2D eigenvalue weighted by Gasteiger charge is -2.11. The lowest BCUT2D eigenvalue weighted by atomic mass is 10.0. The summed E-state index contributed by atoms with van der Waals surface area (Å²) in [4.78, 5) is 0. The van der Waals surface area contributed by atoms with E-state index >= 15 is 0 Å². The van der Waals surface area contributed by atoms with Crippen LogP contribution in [0.4, 0.5) is 8.78 Å². The summed E-state index contributed by atoms with van der Waals surface area (Å²) in [6.45, 7) is 0. The highest BCUT2D eigenvalue weighted by Gasteiger charge is 2.17. The molecule has 0 amide bonds. The van der Waals surface area contributed by atoms with E-state index in [1.807, 2.05) is 0 Å². The number of nitrogens with two attached hydrogens (primary N) is 1. The van der Waals surface area contributed by atoms with Gasteiger partial charge in [-0.3, -0.25) is 0 Å². The third-order valence-corrected chi connectivity index (χ3v) is 2.15. The van der Waals surface area contributed by atoms with E-state index in [4.69, 9.17) is 22.6 Å². The van der Waals surface area contributed by atoms with Crippen molar-refractivity contribution in [2.45, 2.75) is 12.5 Å². The predicted molar refractivity (Wildman–Crippen MR) is 48.5 cm³/mol. The second kappa shape index (κ2) is 4.36. The Morgan fingerprint density at radius 2 is 2.00 bits per heavy atom. The molecule has 2 nitrogen and oxygen atoms in total. The maximum absolute atomic E-state index is 13.2. The standard InChI is InChI=1S/C9H7ClF2N2/c10-9-6(12)2-1-5(11)8(9)7(14)3-4-13/h1-2,7H,3,14H2/t7-/m0/s1. The third-order valence-electron chi connectivity index (χ3n) is 1.76. The molecule has 0 aromatic heterocycles. The number of hydrogen-bond donors (Lipinski definition) is 1. The Kier molecular flexibility index (Phi) is 3.39. The first-order chi connectivity index (χ1) is 6.57. The Balaban J connectivity index is 3.19. The molecule has 0 heterocycles. The zero-order valence-electron chi connectivity index (χ0n) is 7.10. The van der Waals surface area contributed by atoms with Gasteiger partial charge in [0.05, 0.1) is 17.5 Å². The van der Waals surface area contributed by atoms with Crippen molar-refractivity contribution >= 4 is 11.6 Å². The lowest BCUT2D eigenvalue weighted by Crippen LogP contribution is -2.12. The molecule has 14 heavy (non-hydrogen) atoms. The smallest absolute Gasteiger partial charge is 0.142 e. The molecule has 0 saturated heterocycles. The topological polar surface area (TPSA) is 49.8 Å². The summed E-state index contributed by atoms with van der Waals surface area (Å²) >= 11 is 5.52. The van der Waals surface area contributed by atoms with Gasteiger partial charge >= 0.3 is 0 Å². The molecule has 0 bridgehead atoms. The number of rotatable bonds is 2. The highest BCUT2D eigenvalue weighted by atomic mass is 35.5. The van der Waals surface area contributed by atoms with Gasteiger partial charge in [-0.15, -0.1) is 0 Å². The summed E-state index contributed by atoms with van der Waals surface area (Å²) in [6.07, 6.45) is -0.111. The molecule has 0 radical (unpaired) electrons. The minimum atomic E-state index is -0.900. The second-order valence-corrected chi connectivity index (χ2v) is 3.10. The van der Waals surface area contributed by atoms with Crippen molar-refractivity contribution < 1.29 is 8.78 Å². The van der Waals surface area contributed by atoms with Crippen LogP contribution < -0.4 is 5.73 Å². The fourth-order valence-corrected chi connectivity index (χ4v) is 1.38. The van der Waals surface area contributed by atoms with Crippen LogP contribution in [0.3, 0.4) is 0 Å². The summed E-state index contributed by atoms with van der Waals surface area (Å²) in [6, 6.07) is 2.72. The summed E-state index contributed by atoms with van der Waals surface area (Å²) in [5.41, 5.74) is 5.32. The highest BCUT2D eigenvalue weighted by Crippen LogP contribution is 2.28. The molecule has 1 aromatic rings. The van der Waals surface area contributed by atoms with Crippen LogP contribution in [0.1, 0.15) is 18.0 Å². The number of nitrogens with zero attached hydrogens (tertiary/aromatic N) is 1. The molecule has 0 fully saturated rings. The number of nitriles is 1. The molecule has 0 aliphatic rings. The first-order valence-corrected chi connectivity index (χ1v) is 4.21. The number of hydrogen-bond acceptors (Lipinski definition) is 2. The fraction of sp³-hybridized carbons (Fsp3) is 0.222. The van der Waals surface area contributed by atoms with Gasteiger partial charge in [-0.2, -0.15) is 5.26 Å². The maximum atomic E-state index is 13.2. The molecular formula is C9H7ClF2N2. The van der Waals surface area contributed by atoms with E-state index in [0.717, 1.165) is 12.1 Å². The lowest BCUT2D eigenvalue weighted by molar-refractivity contribution is 0.565. The van der Waals surface area contributed by atoms with Gasteiger partial charge in [-0.05, 0) is 12.1 Å². The first-order valence-electron chi connectivity index (χ1n) is 3.84. The van der Waals surface area contributed by atoms with Crippen molar-refractivity contribution in [3.63, 3.8) is 0 Å². The zero-order valence-corrected chi connectivity index (χ0v) is 7.85. The van der Waals surface area contributed by atoms with E-state index in [0.29, 0.717) is 0 Å². The van der Waals surface area contributed by atoms with E-state index in [2.05, 4.69) is 0 Å². The Morgan fingerprint density at radius 3 is 2.57 bits per heavy atom. The Bertz CT molecular complexity index is 387. The van der Waals surface area contributed by atoms with Crippen LogP contribution in [0.5, 0.6) is 0 Å². The molecule has 0 aliphatic carbocycles. The molecule has 0 saturated carbocycles. The van der Waals surface area contributed by atoms with Crippen molar-refractivity contribution in [2.24, 2.45) is 5.73 Å². The van der Waals surface area contributed by atoms with E-state index in [1.165, 1.54) is 0 Å². The van der Waals surface area contributed by atoms with E-state index in [1.54, 1.807) is 6.07 Å². The molecule has 0 spiro atoms. The minimum Gasteiger partial charge on any atom is -0.323 e. The molecular weight excluding hydrogens is 210 g/mol. The molecule has 0 aliphatic heterocycles. The number of benzene rings is 1. The highest BCUT2D eigenvalue weighted by molar-refractivity contribution is 6.31. The largest absolute Gasteiger partial charge is 0.323 e. The Labute approximate surface area is 84.9 Å². The van der Waals surface area contributed by atoms with E-state index in [-0.39, 0.29) is 17.0 Å². The number of halogens is 3. The maximum Gasteiger partial charge on any atom is 0.142 e. The van der Waals surface area contributed by atoms with Crippen molar-refractivity contribution in [1.82, 2.24) is 0 Å². The van der Waals surface area contributed by atoms with Gasteiger partial charge < -0.3 is 5.73 Å². The zero-order chi connectivity index (χ0) is 10.7. The molecule has 1 atom stereocenters. The van der Waals surface area contributed by atoms with Gasteiger partial charge in [0.25, 0.3) is 0 Å². The second-order valence-electron chi connectivity index (χ2n) is 2.73. The van der Waals surface area contributed by atoms with Gasteiger partial charge in [-0.25, -0.2) is 8.78 Å². The first kappa shape index (κ1) is 10.9. The van der Waals surface area contributed by atoms with Gasteiger partial charge in [0, 0.05) is 11.6 Å². The molecule has 1 aromatic carbocycles. The van der Waals surface area contributed by atoms with Crippen molar-refractivity contribution in [2.75, 3.05) is 0 Å². The minimum absolute atomic E-state index is 0.111. The van der Waals surface area contributed by atoms with Gasteiger partial charge in [0.15, 0.2) is 0 Å². The molecule has 2 N–H and O–H groups in total. The Morgan fingerprint density at radius 1 is 1.43 bits per heavy atom. The molecule has 0 unspecified atom stereocenters. The van der Waals surface area contributed by atoms with Crippen molar-refractivity contribution in [1.29, 1.82) is 5.26 Å². The van der Waals surface area contributed by atoms with Crippen LogP contribution in [0, 0.1) is 23.0 Å². The summed E-state index contributed by atoms with van der Waals surface area (Å²) in [5.74, 6) is -1.43. The van der Waals surface area contributed by atoms with Gasteiger partial charge in [0.1, 0.15) is 11.6 Å².